The SMILES string of the molecule is CCC(CCCN1CCC(NC(=O)c2ccccc2-c2ccc(Br)cc2)CC1)(CC(=O)OC(C)C)c1ccccc1. The normalized spacial score (nSPS) is 15.8. The van der Waals surface area contributed by atoms with Crippen molar-refractivity contribution >= 4 is 27.8 Å². The Morgan fingerprint density at radius 3 is 2.29 bits per heavy atom. The van der Waals surface area contributed by atoms with Gasteiger partial charge in [0.05, 0.1) is 12.5 Å². The summed E-state index contributed by atoms with van der Waals surface area (Å²) < 4.78 is 6.57. The van der Waals surface area contributed by atoms with E-state index in [2.05, 4.69) is 57.3 Å². The fourth-order valence-electron chi connectivity index (χ4n) is 5.98. The van der Waals surface area contributed by atoms with Crippen molar-refractivity contribution in [1.29, 1.82) is 0 Å². The number of hydrogen-bond donors (Lipinski definition) is 1. The molecule has 1 amide bonds. The minimum Gasteiger partial charge on any atom is -0.463 e. The summed E-state index contributed by atoms with van der Waals surface area (Å²) in [4.78, 5) is 28.5. The number of amides is 1. The van der Waals surface area contributed by atoms with Gasteiger partial charge in [-0.05, 0) is 87.4 Å². The Labute approximate surface area is 253 Å². The highest BCUT2D eigenvalue weighted by molar-refractivity contribution is 9.10. The van der Waals surface area contributed by atoms with E-state index >= 15 is 0 Å². The molecule has 0 radical (unpaired) electrons. The number of carbonyl (C=O) groups is 2. The Kier molecular flexibility index (Phi) is 11.2. The molecule has 1 fully saturated rings. The molecular weight excluding hydrogens is 576 g/mol. The zero-order valence-electron chi connectivity index (χ0n) is 24.6. The highest BCUT2D eigenvalue weighted by Crippen LogP contribution is 2.37. The lowest BCUT2D eigenvalue weighted by Gasteiger charge is -2.36. The summed E-state index contributed by atoms with van der Waals surface area (Å²) in [6.07, 6.45) is 5.00. The first kappa shape index (κ1) is 31.0. The van der Waals surface area contributed by atoms with Gasteiger partial charge in [0.1, 0.15) is 0 Å². The van der Waals surface area contributed by atoms with Crippen LogP contribution in [0.1, 0.15) is 75.2 Å². The molecule has 4 rings (SSSR count). The van der Waals surface area contributed by atoms with Crippen LogP contribution in [0.25, 0.3) is 11.1 Å². The number of rotatable bonds is 12. The Hall–Kier alpha value is -2.96. The third-order valence-electron chi connectivity index (χ3n) is 8.29. The lowest BCUT2D eigenvalue weighted by atomic mass is 9.72. The highest BCUT2D eigenvalue weighted by Gasteiger charge is 2.34. The predicted octanol–water partition coefficient (Wildman–Crippen LogP) is 7.78. The van der Waals surface area contributed by atoms with E-state index < -0.39 is 0 Å². The zero-order valence-corrected chi connectivity index (χ0v) is 26.2. The van der Waals surface area contributed by atoms with Gasteiger partial charge in [-0.1, -0.05) is 83.5 Å². The van der Waals surface area contributed by atoms with Crippen LogP contribution >= 0.6 is 15.9 Å². The second-order valence-electron chi connectivity index (χ2n) is 11.5. The lowest BCUT2D eigenvalue weighted by Crippen LogP contribution is -2.45. The number of halogens is 1. The number of carbonyl (C=O) groups excluding carboxylic acids is 2. The number of nitrogens with zero attached hydrogens (tertiary/aromatic N) is 1. The van der Waals surface area contributed by atoms with Gasteiger partial charge in [0, 0.05) is 34.6 Å². The summed E-state index contributed by atoms with van der Waals surface area (Å²) in [5.74, 6) is -0.130. The van der Waals surface area contributed by atoms with Gasteiger partial charge >= 0.3 is 5.97 Å². The van der Waals surface area contributed by atoms with Crippen LogP contribution in [0, 0.1) is 0 Å². The van der Waals surface area contributed by atoms with Gasteiger partial charge in [0.25, 0.3) is 5.91 Å². The first-order valence-electron chi connectivity index (χ1n) is 14.9. The quantitative estimate of drug-likeness (QED) is 0.211. The molecule has 3 aromatic carbocycles. The van der Waals surface area contributed by atoms with Crippen LogP contribution in [-0.4, -0.2) is 48.6 Å². The first-order valence-corrected chi connectivity index (χ1v) is 15.7. The molecule has 1 unspecified atom stereocenters. The number of ether oxygens (including phenoxy) is 1. The molecule has 0 spiro atoms. The largest absolute Gasteiger partial charge is 0.463 e. The third kappa shape index (κ3) is 8.52. The first-order chi connectivity index (χ1) is 19.8. The zero-order chi connectivity index (χ0) is 29.2. The number of likely N-dealkylation sites (tertiary alicyclic amines) is 1. The van der Waals surface area contributed by atoms with Crippen molar-refractivity contribution in [2.24, 2.45) is 0 Å². The highest BCUT2D eigenvalue weighted by atomic mass is 79.9. The molecule has 3 aromatic rings. The van der Waals surface area contributed by atoms with E-state index in [1.54, 1.807) is 0 Å². The molecule has 0 aliphatic carbocycles. The third-order valence-corrected chi connectivity index (χ3v) is 8.82. The van der Waals surface area contributed by atoms with E-state index in [1.807, 2.05) is 68.4 Å². The van der Waals surface area contributed by atoms with Crippen molar-refractivity contribution in [3.63, 3.8) is 0 Å². The molecule has 0 saturated carbocycles. The van der Waals surface area contributed by atoms with Crippen molar-refractivity contribution in [1.82, 2.24) is 10.2 Å². The fraction of sp³-hybridized carbons (Fsp3) is 0.429. The molecule has 1 aliphatic heterocycles. The Balaban J connectivity index is 1.31. The van der Waals surface area contributed by atoms with E-state index in [4.69, 9.17) is 4.74 Å². The van der Waals surface area contributed by atoms with Crippen LogP contribution in [0.2, 0.25) is 0 Å². The van der Waals surface area contributed by atoms with E-state index in [-0.39, 0.29) is 29.4 Å². The van der Waals surface area contributed by atoms with E-state index in [0.29, 0.717) is 12.0 Å². The minimum atomic E-state index is -0.220. The Morgan fingerprint density at radius 1 is 0.976 bits per heavy atom. The fourth-order valence-corrected chi connectivity index (χ4v) is 6.24. The van der Waals surface area contributed by atoms with Gasteiger partial charge in [-0.3, -0.25) is 9.59 Å². The van der Waals surface area contributed by atoms with Crippen molar-refractivity contribution in [3.8, 4) is 11.1 Å². The van der Waals surface area contributed by atoms with Crippen LogP contribution in [0.3, 0.4) is 0 Å². The van der Waals surface area contributed by atoms with E-state index in [1.165, 1.54) is 5.56 Å². The van der Waals surface area contributed by atoms with Gasteiger partial charge in [0.15, 0.2) is 0 Å². The maximum atomic E-state index is 13.3. The van der Waals surface area contributed by atoms with Gasteiger partial charge in [-0.2, -0.15) is 0 Å². The number of piperidine rings is 1. The summed E-state index contributed by atoms with van der Waals surface area (Å²) >= 11 is 3.49. The lowest BCUT2D eigenvalue weighted by molar-refractivity contribution is -0.149. The second kappa shape index (κ2) is 14.8. The molecule has 6 heteroatoms. The average molecular weight is 620 g/mol. The van der Waals surface area contributed by atoms with Gasteiger partial charge in [-0.15, -0.1) is 0 Å². The number of nitrogens with one attached hydrogen (secondary N) is 1. The second-order valence-corrected chi connectivity index (χ2v) is 12.4. The standard InChI is InChI=1S/C35H43BrN2O3/c1-4-35(25-33(39)41-26(2)3,28-11-6-5-7-12-28)21-10-22-38-23-19-30(20-24-38)37-34(40)32-14-9-8-13-31(32)27-15-17-29(36)18-16-27/h5-9,11-18,26,30H,4,10,19-25H2,1-3H3,(H,37,40). The van der Waals surface area contributed by atoms with E-state index in [0.717, 1.165) is 67.3 Å². The van der Waals surface area contributed by atoms with Crippen LogP contribution in [0.15, 0.2) is 83.3 Å². The van der Waals surface area contributed by atoms with Gasteiger partial charge < -0.3 is 15.0 Å². The van der Waals surface area contributed by atoms with Gasteiger partial charge in [0.2, 0.25) is 0 Å². The topological polar surface area (TPSA) is 58.6 Å². The number of hydrogen-bond acceptors (Lipinski definition) is 4. The molecule has 5 nitrogen and oxygen atoms in total. The van der Waals surface area contributed by atoms with Crippen molar-refractivity contribution in [3.05, 3.63) is 94.5 Å². The monoisotopic (exact) mass is 618 g/mol. The average Bonchev–Trinajstić information content (AvgIpc) is 2.98. The minimum absolute atomic E-state index is 0.00848. The van der Waals surface area contributed by atoms with E-state index in [9.17, 15) is 9.59 Å². The summed E-state index contributed by atoms with van der Waals surface area (Å²) in [6.45, 7) is 8.89. The van der Waals surface area contributed by atoms with Crippen LogP contribution in [0.5, 0.6) is 0 Å². The summed E-state index contributed by atoms with van der Waals surface area (Å²) in [7, 11) is 0. The van der Waals surface area contributed by atoms with Crippen LogP contribution in [0.4, 0.5) is 0 Å². The Bertz CT molecular complexity index is 1270. The van der Waals surface area contributed by atoms with Crippen LogP contribution in [-0.2, 0) is 14.9 Å². The summed E-state index contributed by atoms with van der Waals surface area (Å²) in [5.41, 5.74) is 3.69. The summed E-state index contributed by atoms with van der Waals surface area (Å²) in [6, 6.07) is 26.5. The maximum Gasteiger partial charge on any atom is 0.306 e. The molecule has 1 heterocycles. The van der Waals surface area contributed by atoms with Crippen LogP contribution < -0.4 is 5.32 Å². The Morgan fingerprint density at radius 2 is 1.63 bits per heavy atom. The number of esters is 1. The molecule has 1 saturated heterocycles. The molecular formula is C35H43BrN2O3. The number of benzene rings is 3. The van der Waals surface area contributed by atoms with Crippen molar-refractivity contribution in [2.45, 2.75) is 76.9 Å². The molecule has 218 valence electrons. The van der Waals surface area contributed by atoms with Gasteiger partial charge in [-0.25, -0.2) is 0 Å². The summed E-state index contributed by atoms with van der Waals surface area (Å²) in [5, 5.41) is 3.30. The smallest absolute Gasteiger partial charge is 0.306 e. The molecule has 0 aromatic heterocycles. The maximum absolute atomic E-state index is 13.3. The predicted molar refractivity (Wildman–Crippen MR) is 170 cm³/mol. The van der Waals surface area contributed by atoms with Crippen molar-refractivity contribution in [2.75, 3.05) is 19.6 Å². The molecule has 1 N–H and O–H groups in total. The molecule has 41 heavy (non-hydrogen) atoms. The van der Waals surface area contributed by atoms with Crippen molar-refractivity contribution < 1.29 is 14.3 Å². The molecule has 0 bridgehead atoms. The molecule has 1 atom stereocenters. The molecule has 1 aliphatic rings.